The van der Waals surface area contributed by atoms with E-state index >= 15 is 0 Å². The van der Waals surface area contributed by atoms with Crippen LogP contribution >= 0.6 is 11.3 Å². The minimum atomic E-state index is -0.0321. The van der Waals surface area contributed by atoms with Crippen molar-refractivity contribution in [2.75, 3.05) is 18.4 Å². The van der Waals surface area contributed by atoms with Gasteiger partial charge in [-0.2, -0.15) is 5.10 Å². The van der Waals surface area contributed by atoms with Crippen LogP contribution in [0.5, 0.6) is 0 Å². The normalized spacial score (nSPS) is 19.0. The van der Waals surface area contributed by atoms with E-state index < -0.39 is 0 Å². The molecule has 112 valence electrons. The summed E-state index contributed by atoms with van der Waals surface area (Å²) in [7, 11) is 0. The van der Waals surface area contributed by atoms with Crippen LogP contribution in [0.3, 0.4) is 0 Å². The van der Waals surface area contributed by atoms with Gasteiger partial charge in [-0.3, -0.25) is 19.7 Å². The van der Waals surface area contributed by atoms with Gasteiger partial charge in [-0.25, -0.2) is 0 Å². The van der Waals surface area contributed by atoms with Crippen LogP contribution in [0.1, 0.15) is 18.4 Å². The number of anilines is 1. The molecule has 0 bridgehead atoms. The van der Waals surface area contributed by atoms with Crippen molar-refractivity contribution in [1.29, 1.82) is 0 Å². The average molecular weight is 306 g/mol. The third-order valence-corrected chi connectivity index (χ3v) is 4.22. The molecule has 0 spiro atoms. The number of aryl methyl sites for hydroxylation is 1. The van der Waals surface area contributed by atoms with Gasteiger partial charge in [-0.05, 0) is 31.9 Å². The Balaban J connectivity index is 1.55. The first kappa shape index (κ1) is 14.2. The molecule has 7 nitrogen and oxygen atoms in total. The molecule has 0 saturated carbocycles. The minimum absolute atomic E-state index is 0.0321. The summed E-state index contributed by atoms with van der Waals surface area (Å²) >= 11 is 1.33. The van der Waals surface area contributed by atoms with E-state index in [9.17, 15) is 4.79 Å². The highest BCUT2D eigenvalue weighted by Crippen LogP contribution is 2.19. The molecule has 1 amide bonds. The molecule has 2 aromatic rings. The summed E-state index contributed by atoms with van der Waals surface area (Å²) in [5.41, 5.74) is 2.77. The maximum absolute atomic E-state index is 12.0. The van der Waals surface area contributed by atoms with Crippen LogP contribution in [0.15, 0.2) is 17.9 Å². The van der Waals surface area contributed by atoms with Crippen LogP contribution in [0.4, 0.5) is 5.13 Å². The third-order valence-electron chi connectivity index (χ3n) is 3.61. The SMILES string of the molecule is Cc1cnn(C[C@H]2CCCN2CC(=O)Nc2nncs2)c1. The van der Waals surface area contributed by atoms with Gasteiger partial charge in [0, 0.05) is 12.2 Å². The number of carbonyl (C=O) groups excluding carboxylic acids is 1. The predicted octanol–water partition coefficient (Wildman–Crippen LogP) is 1.15. The van der Waals surface area contributed by atoms with E-state index in [2.05, 4.69) is 25.5 Å². The zero-order valence-corrected chi connectivity index (χ0v) is 12.7. The summed E-state index contributed by atoms with van der Waals surface area (Å²) in [6.07, 6.45) is 6.13. The van der Waals surface area contributed by atoms with Crippen LogP contribution in [0, 0.1) is 6.92 Å². The topological polar surface area (TPSA) is 75.9 Å². The molecule has 21 heavy (non-hydrogen) atoms. The third kappa shape index (κ3) is 3.64. The van der Waals surface area contributed by atoms with E-state index in [4.69, 9.17) is 0 Å². The fraction of sp³-hybridized carbons (Fsp3) is 0.538. The molecule has 1 fully saturated rings. The summed E-state index contributed by atoms with van der Waals surface area (Å²) in [6, 6.07) is 0.365. The van der Waals surface area contributed by atoms with Crippen LogP contribution in [-0.4, -0.2) is 49.9 Å². The molecule has 0 radical (unpaired) electrons. The van der Waals surface area contributed by atoms with Gasteiger partial charge in [0.05, 0.1) is 19.3 Å². The van der Waals surface area contributed by atoms with Gasteiger partial charge in [0.1, 0.15) is 5.51 Å². The maximum atomic E-state index is 12.0. The fourth-order valence-electron chi connectivity index (χ4n) is 2.66. The average Bonchev–Trinajstić information content (AvgIpc) is 3.15. The standard InChI is InChI=1S/C13H18N6OS/c1-10-5-15-19(6-10)7-11-3-2-4-18(11)8-12(20)16-13-17-14-9-21-13/h5-6,9,11H,2-4,7-8H2,1H3,(H,16,17,20)/t11-/m1/s1. The molecule has 2 aromatic heterocycles. The van der Waals surface area contributed by atoms with Crippen LogP contribution in [0.2, 0.25) is 0 Å². The molecule has 8 heteroatoms. The van der Waals surface area contributed by atoms with E-state index in [1.54, 1.807) is 5.51 Å². The number of hydrogen-bond acceptors (Lipinski definition) is 6. The number of amides is 1. The molecular formula is C13H18N6OS. The highest BCUT2D eigenvalue weighted by molar-refractivity contribution is 7.13. The predicted molar refractivity (Wildman–Crippen MR) is 80.1 cm³/mol. The van der Waals surface area contributed by atoms with Crippen molar-refractivity contribution in [3.8, 4) is 0 Å². The quantitative estimate of drug-likeness (QED) is 0.896. The van der Waals surface area contributed by atoms with Gasteiger partial charge in [0.2, 0.25) is 11.0 Å². The lowest BCUT2D eigenvalue weighted by molar-refractivity contribution is -0.117. The molecule has 1 saturated heterocycles. The lowest BCUT2D eigenvalue weighted by atomic mass is 10.2. The smallest absolute Gasteiger partial charge is 0.240 e. The number of aromatic nitrogens is 4. The summed E-state index contributed by atoms with van der Waals surface area (Å²) in [5, 5.41) is 15.2. The molecule has 0 unspecified atom stereocenters. The molecular weight excluding hydrogens is 288 g/mol. The molecule has 0 aromatic carbocycles. The molecule has 1 atom stereocenters. The van der Waals surface area contributed by atoms with Crippen molar-refractivity contribution in [3.05, 3.63) is 23.5 Å². The van der Waals surface area contributed by atoms with Gasteiger partial charge >= 0.3 is 0 Å². The first-order chi connectivity index (χ1) is 10.2. The Kier molecular flexibility index (Phi) is 4.26. The minimum Gasteiger partial charge on any atom is -0.299 e. The lowest BCUT2D eigenvalue weighted by Crippen LogP contribution is -2.39. The maximum Gasteiger partial charge on any atom is 0.240 e. The molecule has 1 aliphatic heterocycles. The summed E-state index contributed by atoms with van der Waals surface area (Å²) in [5.74, 6) is -0.0321. The Morgan fingerprint density at radius 1 is 1.57 bits per heavy atom. The second-order valence-corrected chi connectivity index (χ2v) is 6.13. The number of likely N-dealkylation sites (tertiary alicyclic amines) is 1. The van der Waals surface area contributed by atoms with E-state index in [0.717, 1.165) is 31.5 Å². The zero-order valence-electron chi connectivity index (χ0n) is 11.9. The van der Waals surface area contributed by atoms with E-state index in [1.807, 2.05) is 24.0 Å². The zero-order chi connectivity index (χ0) is 14.7. The highest BCUT2D eigenvalue weighted by atomic mass is 32.1. The van der Waals surface area contributed by atoms with E-state index in [1.165, 1.54) is 11.3 Å². The highest BCUT2D eigenvalue weighted by Gasteiger charge is 2.26. The number of nitrogens with zero attached hydrogens (tertiary/aromatic N) is 5. The first-order valence-corrected chi connectivity index (χ1v) is 7.88. The van der Waals surface area contributed by atoms with Crippen molar-refractivity contribution in [2.24, 2.45) is 0 Å². The molecule has 0 aliphatic carbocycles. The molecule has 1 aliphatic rings. The Labute approximate surface area is 127 Å². The number of hydrogen-bond donors (Lipinski definition) is 1. The number of nitrogens with one attached hydrogen (secondary N) is 1. The first-order valence-electron chi connectivity index (χ1n) is 7.00. The van der Waals surface area contributed by atoms with Crippen molar-refractivity contribution < 1.29 is 4.79 Å². The number of rotatable bonds is 5. The van der Waals surface area contributed by atoms with Crippen LogP contribution in [0.25, 0.3) is 0 Å². The summed E-state index contributed by atoms with van der Waals surface area (Å²) in [6.45, 7) is 4.21. The molecule has 3 rings (SSSR count). The van der Waals surface area contributed by atoms with Crippen molar-refractivity contribution in [1.82, 2.24) is 24.9 Å². The Bertz CT molecular complexity index is 596. The van der Waals surface area contributed by atoms with Gasteiger partial charge in [-0.1, -0.05) is 11.3 Å². The largest absolute Gasteiger partial charge is 0.299 e. The van der Waals surface area contributed by atoms with Gasteiger partial charge < -0.3 is 0 Å². The van der Waals surface area contributed by atoms with Crippen LogP contribution in [-0.2, 0) is 11.3 Å². The monoisotopic (exact) mass is 306 g/mol. The Morgan fingerprint density at radius 3 is 3.19 bits per heavy atom. The second-order valence-electron chi connectivity index (χ2n) is 5.30. The van der Waals surface area contributed by atoms with Crippen molar-refractivity contribution in [2.45, 2.75) is 32.4 Å². The number of carbonyl (C=O) groups is 1. The van der Waals surface area contributed by atoms with Gasteiger partial charge in [0.25, 0.3) is 0 Å². The second kappa shape index (κ2) is 6.31. The fourth-order valence-corrected chi connectivity index (χ4v) is 3.12. The van der Waals surface area contributed by atoms with Gasteiger partial charge in [0.15, 0.2) is 0 Å². The lowest BCUT2D eigenvalue weighted by Gasteiger charge is -2.23. The van der Waals surface area contributed by atoms with Crippen molar-refractivity contribution >= 4 is 22.4 Å². The van der Waals surface area contributed by atoms with Crippen LogP contribution < -0.4 is 5.32 Å². The Morgan fingerprint density at radius 2 is 2.48 bits per heavy atom. The summed E-state index contributed by atoms with van der Waals surface area (Å²) < 4.78 is 1.96. The van der Waals surface area contributed by atoms with Gasteiger partial charge in [-0.15, -0.1) is 10.2 Å². The van der Waals surface area contributed by atoms with E-state index in [-0.39, 0.29) is 5.91 Å². The van der Waals surface area contributed by atoms with Crippen molar-refractivity contribution in [3.63, 3.8) is 0 Å². The Hall–Kier alpha value is -1.80. The summed E-state index contributed by atoms with van der Waals surface area (Å²) in [4.78, 5) is 14.2. The molecule has 3 heterocycles. The van der Waals surface area contributed by atoms with E-state index in [0.29, 0.717) is 17.7 Å². The molecule has 1 N–H and O–H groups in total.